The summed E-state index contributed by atoms with van der Waals surface area (Å²) in [7, 11) is 0. The standard InChI is InChI=1S/C15H21ClN2O2.ClH/c1-2-8-20-14-6-5-12(16)9-13(14)18-15(19)11-4-3-7-17-10-11;/h5-6,9,11,17H,2-4,7-8,10H2,1H3,(H,18,19);1H. The van der Waals surface area contributed by atoms with E-state index in [9.17, 15) is 4.79 Å². The fraction of sp³-hybridized carbons (Fsp3) is 0.533. The summed E-state index contributed by atoms with van der Waals surface area (Å²) < 4.78 is 5.64. The first-order chi connectivity index (χ1) is 9.70. The Balaban J connectivity index is 0.00000220. The molecule has 118 valence electrons. The van der Waals surface area contributed by atoms with Crippen LogP contribution in [0, 0.1) is 5.92 Å². The molecule has 0 spiro atoms. The summed E-state index contributed by atoms with van der Waals surface area (Å²) in [6, 6.07) is 5.30. The molecule has 1 aromatic rings. The average Bonchev–Trinajstić information content (AvgIpc) is 2.47. The molecule has 1 fully saturated rings. The van der Waals surface area contributed by atoms with Gasteiger partial charge in [0, 0.05) is 11.6 Å². The number of hydrogen-bond donors (Lipinski definition) is 2. The minimum absolute atomic E-state index is 0. The van der Waals surface area contributed by atoms with Crippen molar-refractivity contribution in [2.45, 2.75) is 26.2 Å². The van der Waals surface area contributed by atoms with E-state index in [1.165, 1.54) is 0 Å². The van der Waals surface area contributed by atoms with E-state index in [2.05, 4.69) is 10.6 Å². The fourth-order valence-electron chi connectivity index (χ4n) is 2.25. The Morgan fingerprint density at radius 1 is 1.52 bits per heavy atom. The van der Waals surface area contributed by atoms with Crippen molar-refractivity contribution in [1.29, 1.82) is 0 Å². The van der Waals surface area contributed by atoms with E-state index in [1.54, 1.807) is 18.2 Å². The van der Waals surface area contributed by atoms with Crippen molar-refractivity contribution >= 4 is 35.6 Å². The van der Waals surface area contributed by atoms with Gasteiger partial charge in [0.25, 0.3) is 0 Å². The van der Waals surface area contributed by atoms with Gasteiger partial charge in [-0.1, -0.05) is 18.5 Å². The first-order valence-electron chi connectivity index (χ1n) is 7.14. The van der Waals surface area contributed by atoms with Crippen molar-refractivity contribution in [2.75, 3.05) is 25.0 Å². The summed E-state index contributed by atoms with van der Waals surface area (Å²) in [4.78, 5) is 12.3. The van der Waals surface area contributed by atoms with Crippen LogP contribution in [-0.4, -0.2) is 25.6 Å². The van der Waals surface area contributed by atoms with E-state index in [0.29, 0.717) is 23.1 Å². The topological polar surface area (TPSA) is 50.4 Å². The Hall–Kier alpha value is -0.970. The van der Waals surface area contributed by atoms with Gasteiger partial charge >= 0.3 is 0 Å². The summed E-state index contributed by atoms with van der Waals surface area (Å²) in [6.45, 7) is 4.39. The van der Waals surface area contributed by atoms with Crippen LogP contribution in [0.4, 0.5) is 5.69 Å². The summed E-state index contributed by atoms with van der Waals surface area (Å²) in [5, 5.41) is 6.77. The third kappa shape index (κ3) is 5.38. The van der Waals surface area contributed by atoms with Gasteiger partial charge in [-0.2, -0.15) is 0 Å². The molecule has 1 unspecified atom stereocenters. The maximum Gasteiger partial charge on any atom is 0.228 e. The lowest BCUT2D eigenvalue weighted by atomic mass is 9.99. The Morgan fingerprint density at radius 2 is 2.33 bits per heavy atom. The molecule has 2 rings (SSSR count). The van der Waals surface area contributed by atoms with Gasteiger partial charge < -0.3 is 15.4 Å². The predicted octanol–water partition coefficient (Wildman–Crippen LogP) is 3.49. The number of amides is 1. The number of carbonyl (C=O) groups is 1. The van der Waals surface area contributed by atoms with Crippen LogP contribution in [0.25, 0.3) is 0 Å². The lowest BCUT2D eigenvalue weighted by molar-refractivity contribution is -0.120. The molecule has 0 radical (unpaired) electrons. The van der Waals surface area contributed by atoms with Gasteiger partial charge in [-0.3, -0.25) is 4.79 Å². The van der Waals surface area contributed by atoms with E-state index in [4.69, 9.17) is 16.3 Å². The van der Waals surface area contributed by atoms with Crippen LogP contribution in [0.15, 0.2) is 18.2 Å². The number of hydrogen-bond acceptors (Lipinski definition) is 3. The zero-order valence-corrected chi connectivity index (χ0v) is 13.7. The van der Waals surface area contributed by atoms with Crippen LogP contribution in [-0.2, 0) is 4.79 Å². The summed E-state index contributed by atoms with van der Waals surface area (Å²) in [6.07, 6.45) is 2.87. The molecule has 4 nitrogen and oxygen atoms in total. The monoisotopic (exact) mass is 332 g/mol. The summed E-state index contributed by atoms with van der Waals surface area (Å²) in [5.41, 5.74) is 0.654. The quantitative estimate of drug-likeness (QED) is 0.867. The number of halogens is 2. The van der Waals surface area contributed by atoms with Crippen LogP contribution in [0.5, 0.6) is 5.75 Å². The highest BCUT2D eigenvalue weighted by molar-refractivity contribution is 6.31. The summed E-state index contributed by atoms with van der Waals surface area (Å²) in [5.74, 6) is 0.718. The highest BCUT2D eigenvalue weighted by atomic mass is 35.5. The normalized spacial score (nSPS) is 17.7. The molecule has 6 heteroatoms. The average molecular weight is 333 g/mol. The van der Waals surface area contributed by atoms with E-state index < -0.39 is 0 Å². The second-order valence-electron chi connectivity index (χ2n) is 5.02. The summed E-state index contributed by atoms with van der Waals surface area (Å²) >= 11 is 6.00. The van der Waals surface area contributed by atoms with Gasteiger partial charge in [-0.05, 0) is 44.0 Å². The van der Waals surface area contributed by atoms with Crippen molar-refractivity contribution in [2.24, 2.45) is 5.92 Å². The number of carbonyl (C=O) groups excluding carboxylic acids is 1. The molecular weight excluding hydrogens is 311 g/mol. The number of nitrogens with one attached hydrogen (secondary N) is 2. The maximum atomic E-state index is 12.3. The zero-order valence-electron chi connectivity index (χ0n) is 12.2. The molecule has 1 atom stereocenters. The minimum Gasteiger partial charge on any atom is -0.491 e. The number of piperidine rings is 1. The Morgan fingerprint density at radius 3 is 3.00 bits per heavy atom. The molecule has 1 saturated heterocycles. The molecule has 0 aromatic heterocycles. The SMILES string of the molecule is CCCOc1ccc(Cl)cc1NC(=O)C1CCCNC1.Cl. The molecule has 1 aromatic carbocycles. The van der Waals surface area contributed by atoms with Crippen molar-refractivity contribution < 1.29 is 9.53 Å². The molecule has 2 N–H and O–H groups in total. The molecular formula is C15H22Cl2N2O2. The van der Waals surface area contributed by atoms with Crippen LogP contribution in [0.2, 0.25) is 5.02 Å². The maximum absolute atomic E-state index is 12.3. The first kappa shape index (κ1) is 18.1. The lowest BCUT2D eigenvalue weighted by Gasteiger charge is -2.22. The number of benzene rings is 1. The van der Waals surface area contributed by atoms with Crippen LogP contribution < -0.4 is 15.4 Å². The van der Waals surface area contributed by atoms with E-state index in [0.717, 1.165) is 32.4 Å². The molecule has 0 aliphatic carbocycles. The second-order valence-corrected chi connectivity index (χ2v) is 5.46. The van der Waals surface area contributed by atoms with Crippen molar-refractivity contribution in [3.8, 4) is 5.75 Å². The number of ether oxygens (including phenoxy) is 1. The second kappa shape index (κ2) is 9.13. The van der Waals surface area contributed by atoms with Crippen molar-refractivity contribution in [1.82, 2.24) is 5.32 Å². The smallest absolute Gasteiger partial charge is 0.228 e. The van der Waals surface area contributed by atoms with E-state index in [-0.39, 0.29) is 24.2 Å². The largest absolute Gasteiger partial charge is 0.491 e. The first-order valence-corrected chi connectivity index (χ1v) is 7.52. The van der Waals surface area contributed by atoms with E-state index >= 15 is 0 Å². The van der Waals surface area contributed by atoms with Crippen molar-refractivity contribution in [3.05, 3.63) is 23.2 Å². The fourth-order valence-corrected chi connectivity index (χ4v) is 2.42. The molecule has 1 amide bonds. The van der Waals surface area contributed by atoms with E-state index in [1.807, 2.05) is 6.92 Å². The Labute approximate surface area is 137 Å². The molecule has 21 heavy (non-hydrogen) atoms. The number of rotatable bonds is 5. The predicted molar refractivity (Wildman–Crippen MR) is 88.7 cm³/mol. The minimum atomic E-state index is 0. The highest BCUT2D eigenvalue weighted by Crippen LogP contribution is 2.29. The molecule has 0 bridgehead atoms. The van der Waals surface area contributed by atoms with Crippen LogP contribution in [0.3, 0.4) is 0 Å². The van der Waals surface area contributed by atoms with Gasteiger partial charge in [0.1, 0.15) is 5.75 Å². The molecule has 1 aliphatic heterocycles. The Kier molecular flexibility index (Phi) is 7.86. The lowest BCUT2D eigenvalue weighted by Crippen LogP contribution is -2.37. The third-order valence-electron chi connectivity index (χ3n) is 3.33. The third-order valence-corrected chi connectivity index (χ3v) is 3.56. The van der Waals surface area contributed by atoms with Gasteiger partial charge in [0.15, 0.2) is 0 Å². The Bertz CT molecular complexity index is 463. The van der Waals surface area contributed by atoms with Crippen LogP contribution >= 0.6 is 24.0 Å². The van der Waals surface area contributed by atoms with Gasteiger partial charge in [-0.15, -0.1) is 12.4 Å². The highest BCUT2D eigenvalue weighted by Gasteiger charge is 2.21. The van der Waals surface area contributed by atoms with Crippen LogP contribution in [0.1, 0.15) is 26.2 Å². The van der Waals surface area contributed by atoms with Gasteiger partial charge in [0.05, 0.1) is 18.2 Å². The van der Waals surface area contributed by atoms with Gasteiger partial charge in [-0.25, -0.2) is 0 Å². The molecule has 1 heterocycles. The molecule has 0 saturated carbocycles. The zero-order chi connectivity index (χ0) is 14.4. The number of anilines is 1. The molecule has 1 aliphatic rings. The van der Waals surface area contributed by atoms with Crippen molar-refractivity contribution in [3.63, 3.8) is 0 Å². The van der Waals surface area contributed by atoms with Gasteiger partial charge in [0.2, 0.25) is 5.91 Å².